The van der Waals surface area contributed by atoms with Crippen LogP contribution in [0.1, 0.15) is 51.0 Å². The fraction of sp³-hybridized carbons (Fsp3) is 0.550. The number of rotatable bonds is 5. The molecule has 0 saturated carbocycles. The zero-order valence-corrected chi connectivity index (χ0v) is 16.1. The van der Waals surface area contributed by atoms with E-state index in [1.165, 1.54) is 0 Å². The molecule has 1 saturated heterocycles. The summed E-state index contributed by atoms with van der Waals surface area (Å²) < 4.78 is 5.37. The van der Waals surface area contributed by atoms with Gasteiger partial charge in [0.25, 0.3) is 0 Å². The van der Waals surface area contributed by atoms with Crippen LogP contribution >= 0.6 is 0 Å². The van der Waals surface area contributed by atoms with Crippen molar-refractivity contribution in [3.63, 3.8) is 0 Å². The highest BCUT2D eigenvalue weighted by atomic mass is 16.5. The number of carbonyl (C=O) groups excluding carboxylic acids is 1. The Labute approximate surface area is 155 Å². The van der Waals surface area contributed by atoms with Crippen LogP contribution < -0.4 is 0 Å². The van der Waals surface area contributed by atoms with Crippen LogP contribution in [0.5, 0.6) is 0 Å². The van der Waals surface area contributed by atoms with Crippen molar-refractivity contribution in [1.29, 1.82) is 0 Å². The monoisotopic (exact) mass is 356 g/mol. The van der Waals surface area contributed by atoms with E-state index in [-0.39, 0.29) is 11.9 Å². The van der Waals surface area contributed by atoms with Crippen LogP contribution in [0, 0.1) is 0 Å². The molecule has 0 unspecified atom stereocenters. The van der Waals surface area contributed by atoms with Gasteiger partial charge in [0.05, 0.1) is 11.5 Å². The van der Waals surface area contributed by atoms with Crippen molar-refractivity contribution < 1.29 is 9.32 Å². The average Bonchev–Trinajstić information content (AvgIpc) is 3.17. The topological polar surface area (TPSA) is 62.5 Å². The Kier molecular flexibility index (Phi) is 5.41. The largest absolute Gasteiger partial charge is 0.339 e. The van der Waals surface area contributed by atoms with E-state index < -0.39 is 5.41 Å². The lowest BCUT2D eigenvalue weighted by Gasteiger charge is -2.40. The third-order valence-electron chi connectivity index (χ3n) is 5.34. The van der Waals surface area contributed by atoms with Crippen molar-refractivity contribution in [2.45, 2.75) is 45.6 Å². The first-order chi connectivity index (χ1) is 12.4. The van der Waals surface area contributed by atoms with E-state index in [1.54, 1.807) is 0 Å². The number of benzene rings is 1. The van der Waals surface area contributed by atoms with Gasteiger partial charge in [-0.05, 0) is 26.3 Å². The van der Waals surface area contributed by atoms with Crippen LogP contribution in [0.2, 0.25) is 0 Å². The lowest BCUT2D eigenvalue weighted by atomic mass is 9.83. The van der Waals surface area contributed by atoms with Crippen LogP contribution in [0.25, 0.3) is 0 Å². The minimum Gasteiger partial charge on any atom is -0.339 e. The number of carbonyl (C=O) groups is 1. The number of aryl methyl sites for hydroxylation is 1. The number of piperazine rings is 1. The predicted octanol–water partition coefficient (Wildman–Crippen LogP) is 2.82. The van der Waals surface area contributed by atoms with Gasteiger partial charge < -0.3 is 9.42 Å². The maximum atomic E-state index is 13.1. The van der Waals surface area contributed by atoms with E-state index in [4.69, 9.17) is 4.52 Å². The van der Waals surface area contributed by atoms with Gasteiger partial charge in [0.15, 0.2) is 5.82 Å². The van der Waals surface area contributed by atoms with Crippen LogP contribution in [0.4, 0.5) is 0 Å². The summed E-state index contributed by atoms with van der Waals surface area (Å²) in [6, 6.07) is 10.1. The summed E-state index contributed by atoms with van der Waals surface area (Å²) in [6.45, 7) is 11.1. The summed E-state index contributed by atoms with van der Waals surface area (Å²) in [5, 5.41) is 3.98. The van der Waals surface area contributed by atoms with E-state index in [0.29, 0.717) is 19.0 Å². The first-order valence-electron chi connectivity index (χ1n) is 9.35. The van der Waals surface area contributed by atoms with Gasteiger partial charge in [-0.1, -0.05) is 42.4 Å². The van der Waals surface area contributed by atoms with Crippen molar-refractivity contribution in [2.75, 3.05) is 26.2 Å². The molecule has 1 aliphatic rings. The van der Waals surface area contributed by atoms with Gasteiger partial charge >= 0.3 is 0 Å². The molecule has 6 nitrogen and oxygen atoms in total. The van der Waals surface area contributed by atoms with Crippen LogP contribution in [-0.4, -0.2) is 52.0 Å². The molecule has 0 spiro atoms. The van der Waals surface area contributed by atoms with Crippen molar-refractivity contribution in [2.24, 2.45) is 0 Å². The minimum atomic E-state index is -0.516. The van der Waals surface area contributed by atoms with E-state index in [2.05, 4.69) is 22.0 Å². The normalized spacial score (nSPS) is 17.3. The lowest BCUT2D eigenvalue weighted by Crippen LogP contribution is -2.53. The molecule has 0 radical (unpaired) electrons. The molecule has 1 aromatic heterocycles. The molecule has 1 aromatic carbocycles. The van der Waals surface area contributed by atoms with Gasteiger partial charge in [-0.25, -0.2) is 0 Å². The standard InChI is InChI=1S/C20H28N4O2/c1-5-17-21-18(26-22-17)15(2)23-11-13-24(14-12-23)19(25)20(3,4)16-9-7-6-8-10-16/h6-10,15H,5,11-14H2,1-4H3/t15-/m0/s1. The summed E-state index contributed by atoms with van der Waals surface area (Å²) in [6.07, 6.45) is 0.771. The second-order valence-corrected chi connectivity index (χ2v) is 7.40. The highest BCUT2D eigenvalue weighted by Gasteiger charge is 2.36. The SMILES string of the molecule is CCc1noc([C@H](C)N2CCN(C(=O)C(C)(C)c3ccccc3)CC2)n1. The van der Waals surface area contributed by atoms with Gasteiger partial charge in [0.2, 0.25) is 11.8 Å². The quantitative estimate of drug-likeness (QED) is 0.824. The molecule has 1 atom stereocenters. The summed E-state index contributed by atoms with van der Waals surface area (Å²) >= 11 is 0. The highest BCUT2D eigenvalue weighted by Crippen LogP contribution is 2.27. The summed E-state index contributed by atoms with van der Waals surface area (Å²) in [5.41, 5.74) is 0.538. The molecule has 2 heterocycles. The summed E-state index contributed by atoms with van der Waals surface area (Å²) in [7, 11) is 0. The average molecular weight is 356 g/mol. The van der Waals surface area contributed by atoms with E-state index in [9.17, 15) is 4.79 Å². The van der Waals surface area contributed by atoms with Crippen molar-refractivity contribution in [3.05, 3.63) is 47.6 Å². The molecule has 26 heavy (non-hydrogen) atoms. The third-order valence-corrected chi connectivity index (χ3v) is 5.34. The molecular weight excluding hydrogens is 328 g/mol. The highest BCUT2D eigenvalue weighted by molar-refractivity contribution is 5.87. The Balaban J connectivity index is 1.62. The van der Waals surface area contributed by atoms with Crippen LogP contribution in [0.3, 0.4) is 0 Å². The summed E-state index contributed by atoms with van der Waals surface area (Å²) in [4.78, 5) is 21.8. The molecule has 2 aromatic rings. The fourth-order valence-electron chi connectivity index (χ4n) is 3.42. The van der Waals surface area contributed by atoms with Crippen LogP contribution in [0.15, 0.2) is 34.9 Å². The zero-order chi connectivity index (χ0) is 18.7. The van der Waals surface area contributed by atoms with Crippen molar-refractivity contribution in [3.8, 4) is 0 Å². The van der Waals surface area contributed by atoms with Crippen molar-refractivity contribution in [1.82, 2.24) is 19.9 Å². The zero-order valence-electron chi connectivity index (χ0n) is 16.1. The van der Waals surface area contributed by atoms with Gasteiger partial charge in [-0.3, -0.25) is 9.69 Å². The molecule has 0 aliphatic carbocycles. The number of hydrogen-bond acceptors (Lipinski definition) is 5. The molecule has 140 valence electrons. The molecule has 1 fully saturated rings. The maximum Gasteiger partial charge on any atom is 0.243 e. The Morgan fingerprint density at radius 1 is 1.19 bits per heavy atom. The van der Waals surface area contributed by atoms with E-state index >= 15 is 0 Å². The van der Waals surface area contributed by atoms with Gasteiger partial charge in [-0.2, -0.15) is 4.98 Å². The number of nitrogens with zero attached hydrogens (tertiary/aromatic N) is 4. The second kappa shape index (κ2) is 7.58. The Hall–Kier alpha value is -2.21. The second-order valence-electron chi connectivity index (χ2n) is 7.40. The molecule has 1 amide bonds. The number of amides is 1. The molecule has 0 bridgehead atoms. The van der Waals surface area contributed by atoms with Gasteiger partial charge in [0, 0.05) is 32.6 Å². The summed E-state index contributed by atoms with van der Waals surface area (Å²) in [5.74, 6) is 1.58. The first-order valence-corrected chi connectivity index (χ1v) is 9.35. The Morgan fingerprint density at radius 3 is 2.42 bits per heavy atom. The van der Waals surface area contributed by atoms with Crippen LogP contribution in [-0.2, 0) is 16.6 Å². The molecule has 1 aliphatic heterocycles. The van der Waals surface area contributed by atoms with E-state index in [0.717, 1.165) is 30.9 Å². The number of hydrogen-bond donors (Lipinski definition) is 0. The minimum absolute atomic E-state index is 0.0715. The molecule has 3 rings (SSSR count). The predicted molar refractivity (Wildman–Crippen MR) is 99.7 cm³/mol. The maximum absolute atomic E-state index is 13.1. The van der Waals surface area contributed by atoms with Gasteiger partial charge in [0.1, 0.15) is 0 Å². The lowest BCUT2D eigenvalue weighted by molar-refractivity contribution is -0.138. The Bertz CT molecular complexity index is 733. The Morgan fingerprint density at radius 2 is 1.85 bits per heavy atom. The fourth-order valence-corrected chi connectivity index (χ4v) is 3.42. The third kappa shape index (κ3) is 3.65. The van der Waals surface area contributed by atoms with Crippen molar-refractivity contribution >= 4 is 5.91 Å². The van der Waals surface area contributed by atoms with Gasteiger partial charge in [-0.15, -0.1) is 0 Å². The first kappa shape index (κ1) is 18.6. The molecule has 0 N–H and O–H groups in total. The molecular formula is C20H28N4O2. The number of aromatic nitrogens is 2. The molecule has 6 heteroatoms. The van der Waals surface area contributed by atoms with E-state index in [1.807, 2.05) is 56.0 Å². The smallest absolute Gasteiger partial charge is 0.243 e.